The van der Waals surface area contributed by atoms with Crippen molar-refractivity contribution >= 4 is 5.91 Å². The van der Waals surface area contributed by atoms with Crippen LogP contribution in [0.15, 0.2) is 24.3 Å². The first-order chi connectivity index (χ1) is 8.69. The summed E-state index contributed by atoms with van der Waals surface area (Å²) < 4.78 is 5.42. The van der Waals surface area contributed by atoms with Crippen molar-refractivity contribution in [1.82, 2.24) is 5.32 Å². The third-order valence-corrected chi connectivity index (χ3v) is 3.18. The molecule has 1 amide bonds. The fraction of sp³-hybridized carbons (Fsp3) is 0.500. The fourth-order valence-corrected chi connectivity index (χ4v) is 1.90. The Labute approximate surface area is 108 Å². The van der Waals surface area contributed by atoms with Gasteiger partial charge in [-0.3, -0.25) is 4.79 Å². The minimum absolute atomic E-state index is 0.0479. The highest BCUT2D eigenvalue weighted by Crippen LogP contribution is 2.32. The average Bonchev–Trinajstić information content (AvgIpc) is 3.19. The van der Waals surface area contributed by atoms with Gasteiger partial charge in [-0.05, 0) is 37.8 Å². The molecule has 18 heavy (non-hydrogen) atoms. The summed E-state index contributed by atoms with van der Waals surface area (Å²) in [6, 6.07) is 7.76. The van der Waals surface area contributed by atoms with E-state index in [0.29, 0.717) is 18.2 Å². The van der Waals surface area contributed by atoms with Gasteiger partial charge in [0.1, 0.15) is 5.75 Å². The number of nitrogens with two attached hydrogens (primary N) is 1. The summed E-state index contributed by atoms with van der Waals surface area (Å²) in [5.74, 6) is 1.18. The highest BCUT2D eigenvalue weighted by molar-refractivity contribution is 5.77. The molecule has 1 fully saturated rings. The lowest BCUT2D eigenvalue weighted by atomic mass is 10.2. The summed E-state index contributed by atoms with van der Waals surface area (Å²) in [5, 5.41) is 2.92. The highest BCUT2D eigenvalue weighted by atomic mass is 16.5. The van der Waals surface area contributed by atoms with Crippen LogP contribution in [0.25, 0.3) is 0 Å². The van der Waals surface area contributed by atoms with Gasteiger partial charge < -0.3 is 15.8 Å². The van der Waals surface area contributed by atoms with Gasteiger partial charge in [-0.2, -0.15) is 0 Å². The molecule has 4 heteroatoms. The first-order valence-electron chi connectivity index (χ1n) is 6.38. The molecule has 3 N–H and O–H groups in total. The van der Waals surface area contributed by atoms with Gasteiger partial charge in [-0.25, -0.2) is 0 Å². The first kappa shape index (κ1) is 12.9. The number of ether oxygens (including phenoxy) is 1. The second kappa shape index (κ2) is 5.87. The number of hydrogen-bond donors (Lipinski definition) is 2. The summed E-state index contributed by atoms with van der Waals surface area (Å²) in [4.78, 5) is 11.7. The molecule has 1 atom stereocenters. The molecule has 1 aliphatic rings. The summed E-state index contributed by atoms with van der Waals surface area (Å²) in [6.45, 7) is 2.56. The summed E-state index contributed by atoms with van der Waals surface area (Å²) >= 11 is 0. The van der Waals surface area contributed by atoms with Crippen LogP contribution in [0, 0.1) is 12.8 Å². The van der Waals surface area contributed by atoms with Gasteiger partial charge in [0.25, 0.3) is 5.91 Å². The molecule has 0 bridgehead atoms. The molecular weight excluding hydrogens is 228 g/mol. The van der Waals surface area contributed by atoms with Crippen molar-refractivity contribution in [2.75, 3.05) is 13.2 Å². The topological polar surface area (TPSA) is 64.3 Å². The molecule has 0 aromatic heterocycles. The molecule has 2 rings (SSSR count). The van der Waals surface area contributed by atoms with E-state index in [1.165, 1.54) is 18.4 Å². The molecule has 1 aromatic rings. The van der Waals surface area contributed by atoms with E-state index in [1.807, 2.05) is 31.2 Å². The minimum Gasteiger partial charge on any atom is -0.484 e. The lowest BCUT2D eigenvalue weighted by Crippen LogP contribution is -2.43. The number of aryl methyl sites for hydroxylation is 1. The van der Waals surface area contributed by atoms with Crippen molar-refractivity contribution in [3.05, 3.63) is 29.8 Å². The van der Waals surface area contributed by atoms with Crippen molar-refractivity contribution in [2.45, 2.75) is 25.8 Å². The summed E-state index contributed by atoms with van der Waals surface area (Å²) in [5.41, 5.74) is 6.80. The van der Waals surface area contributed by atoms with Gasteiger partial charge in [-0.1, -0.05) is 17.7 Å². The Morgan fingerprint density at radius 1 is 1.44 bits per heavy atom. The SMILES string of the molecule is Cc1ccc(OCC(=O)NC(CN)C2CC2)cc1. The van der Waals surface area contributed by atoms with Crippen LogP contribution in [-0.4, -0.2) is 25.1 Å². The van der Waals surface area contributed by atoms with Crippen LogP contribution in [0.1, 0.15) is 18.4 Å². The zero-order valence-electron chi connectivity index (χ0n) is 10.7. The predicted octanol–water partition coefficient (Wildman–Crippen LogP) is 1.23. The van der Waals surface area contributed by atoms with Crippen molar-refractivity contribution in [3.8, 4) is 5.75 Å². The first-order valence-corrected chi connectivity index (χ1v) is 6.38. The molecule has 0 radical (unpaired) electrons. The molecule has 4 nitrogen and oxygen atoms in total. The second-order valence-corrected chi connectivity index (χ2v) is 4.85. The zero-order chi connectivity index (χ0) is 13.0. The van der Waals surface area contributed by atoms with Crippen molar-refractivity contribution < 1.29 is 9.53 Å². The van der Waals surface area contributed by atoms with E-state index >= 15 is 0 Å². The Balaban J connectivity index is 1.75. The predicted molar refractivity (Wildman–Crippen MR) is 70.4 cm³/mol. The third-order valence-electron chi connectivity index (χ3n) is 3.18. The smallest absolute Gasteiger partial charge is 0.258 e. The van der Waals surface area contributed by atoms with Crippen LogP contribution in [-0.2, 0) is 4.79 Å². The Morgan fingerprint density at radius 2 is 2.11 bits per heavy atom. The van der Waals surface area contributed by atoms with Crippen LogP contribution in [0.3, 0.4) is 0 Å². The highest BCUT2D eigenvalue weighted by Gasteiger charge is 2.31. The van der Waals surface area contributed by atoms with Gasteiger partial charge in [0, 0.05) is 12.6 Å². The number of carbonyl (C=O) groups is 1. The van der Waals surface area contributed by atoms with Crippen LogP contribution < -0.4 is 15.8 Å². The molecule has 1 saturated carbocycles. The lowest BCUT2D eigenvalue weighted by Gasteiger charge is -2.16. The van der Waals surface area contributed by atoms with Crippen LogP contribution in [0.4, 0.5) is 0 Å². The fourth-order valence-electron chi connectivity index (χ4n) is 1.90. The molecule has 1 aliphatic carbocycles. The normalized spacial score (nSPS) is 16.1. The van der Waals surface area contributed by atoms with Gasteiger partial charge in [0.05, 0.1) is 0 Å². The molecule has 1 aromatic carbocycles. The monoisotopic (exact) mass is 248 g/mol. The maximum absolute atomic E-state index is 11.7. The largest absolute Gasteiger partial charge is 0.484 e. The molecule has 0 saturated heterocycles. The van der Waals surface area contributed by atoms with Crippen LogP contribution >= 0.6 is 0 Å². The minimum atomic E-state index is -0.0991. The number of amides is 1. The summed E-state index contributed by atoms with van der Waals surface area (Å²) in [6.07, 6.45) is 2.34. The van der Waals surface area contributed by atoms with E-state index in [-0.39, 0.29) is 18.6 Å². The van der Waals surface area contributed by atoms with E-state index < -0.39 is 0 Å². The standard InChI is InChI=1S/C14H20N2O2/c1-10-2-6-12(7-3-10)18-9-14(17)16-13(8-15)11-4-5-11/h2-3,6-7,11,13H,4-5,8-9,15H2,1H3,(H,16,17). The van der Waals surface area contributed by atoms with Gasteiger partial charge >= 0.3 is 0 Å². The maximum Gasteiger partial charge on any atom is 0.258 e. The molecule has 0 heterocycles. The van der Waals surface area contributed by atoms with Gasteiger partial charge in [0.15, 0.2) is 6.61 Å². The number of benzene rings is 1. The molecule has 1 unspecified atom stereocenters. The molecular formula is C14H20N2O2. The van der Waals surface area contributed by atoms with E-state index in [1.54, 1.807) is 0 Å². The Bertz CT molecular complexity index is 399. The second-order valence-electron chi connectivity index (χ2n) is 4.85. The van der Waals surface area contributed by atoms with E-state index in [4.69, 9.17) is 10.5 Å². The Morgan fingerprint density at radius 3 is 2.67 bits per heavy atom. The Hall–Kier alpha value is -1.55. The van der Waals surface area contributed by atoms with Gasteiger partial charge in [-0.15, -0.1) is 0 Å². The number of nitrogens with one attached hydrogen (secondary N) is 1. The van der Waals surface area contributed by atoms with E-state index in [9.17, 15) is 4.79 Å². The van der Waals surface area contributed by atoms with E-state index in [2.05, 4.69) is 5.32 Å². The zero-order valence-corrected chi connectivity index (χ0v) is 10.7. The number of hydrogen-bond acceptors (Lipinski definition) is 3. The summed E-state index contributed by atoms with van der Waals surface area (Å²) in [7, 11) is 0. The van der Waals surface area contributed by atoms with Crippen molar-refractivity contribution in [2.24, 2.45) is 11.7 Å². The van der Waals surface area contributed by atoms with E-state index in [0.717, 1.165) is 0 Å². The molecule has 0 aliphatic heterocycles. The Kier molecular flexibility index (Phi) is 4.20. The quantitative estimate of drug-likeness (QED) is 0.795. The third kappa shape index (κ3) is 3.74. The number of carbonyl (C=O) groups excluding carboxylic acids is 1. The molecule has 98 valence electrons. The lowest BCUT2D eigenvalue weighted by molar-refractivity contribution is -0.123. The van der Waals surface area contributed by atoms with Gasteiger partial charge in [0.2, 0.25) is 0 Å². The number of rotatable bonds is 6. The average molecular weight is 248 g/mol. The maximum atomic E-state index is 11.7. The van der Waals surface area contributed by atoms with Crippen LogP contribution in [0.5, 0.6) is 5.75 Å². The molecule has 0 spiro atoms. The van der Waals surface area contributed by atoms with Crippen LogP contribution in [0.2, 0.25) is 0 Å². The van der Waals surface area contributed by atoms with Crippen molar-refractivity contribution in [1.29, 1.82) is 0 Å². The van der Waals surface area contributed by atoms with Crippen molar-refractivity contribution in [3.63, 3.8) is 0 Å².